The normalized spacial score (nSPS) is 12.0. The lowest BCUT2D eigenvalue weighted by atomic mass is 10.1. The molecule has 23 heavy (non-hydrogen) atoms. The Hall–Kier alpha value is -2.62. The molecular formula is C19H23N3O. The fourth-order valence-electron chi connectivity index (χ4n) is 2.96. The van der Waals surface area contributed by atoms with Crippen LogP contribution in [0, 0.1) is 6.92 Å². The Morgan fingerprint density at radius 3 is 2.65 bits per heavy atom. The first kappa shape index (κ1) is 15.3. The first-order chi connectivity index (χ1) is 11.1. The van der Waals surface area contributed by atoms with E-state index in [4.69, 9.17) is 4.74 Å². The minimum atomic E-state index is 0.632. The monoisotopic (exact) mass is 309 g/mol. The standard InChI is InChI=1S/C19H23N3O/c1-5-14-12(3)16(21-13(14)4)10-18-19(23-6-2)11-17(22-18)15-8-7-9-20-15/h7-11,20-22H,4-6H2,1-3H3. The van der Waals surface area contributed by atoms with Gasteiger partial charge in [-0.05, 0) is 49.6 Å². The van der Waals surface area contributed by atoms with E-state index in [0.29, 0.717) is 6.61 Å². The molecule has 0 saturated heterocycles. The Morgan fingerprint density at radius 2 is 2.04 bits per heavy atom. The second kappa shape index (κ2) is 6.24. The maximum atomic E-state index is 5.79. The molecular weight excluding hydrogens is 286 g/mol. The Morgan fingerprint density at radius 1 is 1.22 bits per heavy atom. The van der Waals surface area contributed by atoms with E-state index in [2.05, 4.69) is 41.5 Å². The molecule has 0 fully saturated rings. The summed E-state index contributed by atoms with van der Waals surface area (Å²) in [4.78, 5) is 10.0. The number of rotatable bonds is 5. The largest absolute Gasteiger partial charge is 0.492 e. The molecule has 0 aromatic carbocycles. The molecule has 0 amide bonds. The van der Waals surface area contributed by atoms with Gasteiger partial charge in [0.05, 0.1) is 23.7 Å². The van der Waals surface area contributed by atoms with Crippen molar-refractivity contribution < 1.29 is 4.74 Å². The van der Waals surface area contributed by atoms with E-state index >= 15 is 0 Å². The Bertz CT molecular complexity index is 897. The molecule has 0 atom stereocenters. The second-order valence-corrected chi connectivity index (χ2v) is 5.60. The molecule has 3 heterocycles. The van der Waals surface area contributed by atoms with Crippen LogP contribution in [0.4, 0.5) is 0 Å². The van der Waals surface area contributed by atoms with Crippen LogP contribution in [-0.4, -0.2) is 21.6 Å². The fourth-order valence-corrected chi connectivity index (χ4v) is 2.96. The van der Waals surface area contributed by atoms with Crippen molar-refractivity contribution in [1.29, 1.82) is 0 Å². The lowest BCUT2D eigenvalue weighted by molar-refractivity contribution is 0.340. The number of hydrogen-bond acceptors (Lipinski definition) is 1. The van der Waals surface area contributed by atoms with Gasteiger partial charge >= 0.3 is 0 Å². The average Bonchev–Trinajstić information content (AvgIpc) is 3.22. The van der Waals surface area contributed by atoms with Gasteiger partial charge in [0.25, 0.3) is 0 Å². The second-order valence-electron chi connectivity index (χ2n) is 5.60. The topological polar surface area (TPSA) is 56.6 Å². The smallest absolute Gasteiger partial charge is 0.144 e. The lowest BCUT2D eigenvalue weighted by Gasteiger charge is -2.00. The van der Waals surface area contributed by atoms with Gasteiger partial charge in [0.2, 0.25) is 0 Å². The molecule has 0 aliphatic heterocycles. The molecule has 4 nitrogen and oxygen atoms in total. The highest BCUT2D eigenvalue weighted by atomic mass is 16.5. The molecule has 0 spiro atoms. The zero-order chi connectivity index (χ0) is 16.4. The van der Waals surface area contributed by atoms with Crippen molar-refractivity contribution in [3.63, 3.8) is 0 Å². The molecule has 0 bridgehead atoms. The first-order valence-corrected chi connectivity index (χ1v) is 8.01. The van der Waals surface area contributed by atoms with E-state index in [9.17, 15) is 0 Å². The highest BCUT2D eigenvalue weighted by Crippen LogP contribution is 2.27. The van der Waals surface area contributed by atoms with Gasteiger partial charge in [-0.2, -0.15) is 0 Å². The van der Waals surface area contributed by atoms with Crippen LogP contribution in [0.3, 0.4) is 0 Å². The van der Waals surface area contributed by atoms with Crippen molar-refractivity contribution in [2.45, 2.75) is 27.2 Å². The van der Waals surface area contributed by atoms with Crippen LogP contribution in [0.15, 0.2) is 24.4 Å². The summed E-state index contributed by atoms with van der Waals surface area (Å²) in [6.45, 7) is 11.0. The van der Waals surface area contributed by atoms with E-state index in [1.807, 2.05) is 31.3 Å². The predicted octanol–water partition coefficient (Wildman–Crippen LogP) is 2.85. The minimum Gasteiger partial charge on any atom is -0.492 e. The SMILES string of the molecule is C=c1[nH]c(=Cc2[nH]c(-c3ccc[nH]3)cc2OCC)c(C)c1CC. The third kappa shape index (κ3) is 2.84. The number of aromatic nitrogens is 3. The van der Waals surface area contributed by atoms with Gasteiger partial charge in [0.1, 0.15) is 5.75 Å². The predicted molar refractivity (Wildman–Crippen MR) is 95.0 cm³/mol. The molecule has 3 aromatic rings. The molecule has 0 saturated carbocycles. The summed E-state index contributed by atoms with van der Waals surface area (Å²) >= 11 is 0. The number of nitrogens with one attached hydrogen (secondary N) is 3. The van der Waals surface area contributed by atoms with E-state index in [1.54, 1.807) is 0 Å². The van der Waals surface area contributed by atoms with Gasteiger partial charge in [0.15, 0.2) is 0 Å². The molecule has 3 rings (SSSR count). The first-order valence-electron chi connectivity index (χ1n) is 8.01. The third-order valence-electron chi connectivity index (χ3n) is 4.15. The van der Waals surface area contributed by atoms with Crippen molar-refractivity contribution in [2.24, 2.45) is 0 Å². The van der Waals surface area contributed by atoms with Crippen LogP contribution < -0.4 is 15.4 Å². The summed E-state index contributed by atoms with van der Waals surface area (Å²) in [5, 5.41) is 2.07. The molecule has 0 unspecified atom stereocenters. The van der Waals surface area contributed by atoms with Crippen LogP contribution in [0.25, 0.3) is 24.0 Å². The van der Waals surface area contributed by atoms with Crippen molar-refractivity contribution in [3.8, 4) is 17.1 Å². The van der Waals surface area contributed by atoms with E-state index in [0.717, 1.165) is 40.0 Å². The summed E-state index contributed by atoms with van der Waals surface area (Å²) in [5.41, 5.74) is 5.55. The van der Waals surface area contributed by atoms with Crippen LogP contribution in [0.1, 0.15) is 30.7 Å². The number of hydrogen-bond donors (Lipinski definition) is 3. The fraction of sp³-hybridized carbons (Fsp3) is 0.263. The van der Waals surface area contributed by atoms with Crippen LogP contribution in [0.5, 0.6) is 5.75 Å². The van der Waals surface area contributed by atoms with Gasteiger partial charge in [-0.3, -0.25) is 0 Å². The molecule has 4 heteroatoms. The highest BCUT2D eigenvalue weighted by molar-refractivity contribution is 5.65. The minimum absolute atomic E-state index is 0.632. The van der Waals surface area contributed by atoms with Gasteiger partial charge in [-0.25, -0.2) is 0 Å². The van der Waals surface area contributed by atoms with Crippen molar-refractivity contribution >= 4 is 12.7 Å². The Labute approximate surface area is 135 Å². The van der Waals surface area contributed by atoms with Crippen molar-refractivity contribution in [3.05, 3.63) is 51.9 Å². The lowest BCUT2D eigenvalue weighted by Crippen LogP contribution is -2.10. The number of H-pyrrole nitrogens is 3. The van der Waals surface area contributed by atoms with Crippen LogP contribution in [-0.2, 0) is 6.42 Å². The van der Waals surface area contributed by atoms with E-state index in [1.165, 1.54) is 11.1 Å². The maximum absolute atomic E-state index is 5.79. The highest BCUT2D eigenvalue weighted by Gasteiger charge is 2.10. The zero-order valence-corrected chi connectivity index (χ0v) is 13.9. The summed E-state index contributed by atoms with van der Waals surface area (Å²) in [6.07, 6.45) is 4.99. The Kier molecular flexibility index (Phi) is 4.15. The summed E-state index contributed by atoms with van der Waals surface area (Å²) < 4.78 is 5.79. The maximum Gasteiger partial charge on any atom is 0.144 e. The Balaban J connectivity index is 2.12. The molecule has 0 aliphatic carbocycles. The van der Waals surface area contributed by atoms with Gasteiger partial charge < -0.3 is 19.7 Å². The van der Waals surface area contributed by atoms with Crippen LogP contribution in [0.2, 0.25) is 0 Å². The number of aromatic amines is 3. The van der Waals surface area contributed by atoms with Gasteiger partial charge in [-0.1, -0.05) is 13.5 Å². The van der Waals surface area contributed by atoms with Crippen molar-refractivity contribution in [2.75, 3.05) is 6.61 Å². The molecule has 3 N–H and O–H groups in total. The van der Waals surface area contributed by atoms with E-state index in [-0.39, 0.29) is 0 Å². The third-order valence-corrected chi connectivity index (χ3v) is 4.15. The molecule has 3 aromatic heterocycles. The summed E-state index contributed by atoms with van der Waals surface area (Å²) in [5.74, 6) is 0.856. The number of ether oxygens (including phenoxy) is 1. The quantitative estimate of drug-likeness (QED) is 0.667. The average molecular weight is 309 g/mol. The molecule has 0 radical (unpaired) electrons. The summed E-state index contributed by atoms with van der Waals surface area (Å²) in [7, 11) is 0. The van der Waals surface area contributed by atoms with Crippen LogP contribution >= 0.6 is 0 Å². The van der Waals surface area contributed by atoms with E-state index < -0.39 is 0 Å². The van der Waals surface area contributed by atoms with Crippen molar-refractivity contribution in [1.82, 2.24) is 15.0 Å². The summed E-state index contributed by atoms with van der Waals surface area (Å²) in [6, 6.07) is 6.05. The molecule has 120 valence electrons. The molecule has 0 aliphatic rings. The van der Waals surface area contributed by atoms with Gasteiger partial charge in [0, 0.05) is 23.0 Å². The van der Waals surface area contributed by atoms with Gasteiger partial charge in [-0.15, -0.1) is 0 Å². The zero-order valence-electron chi connectivity index (χ0n) is 13.9.